The molecule has 0 saturated heterocycles. The Hall–Kier alpha value is -3.19. The molecular formula is C23H19BrN2O4. The van der Waals surface area contributed by atoms with Gasteiger partial charge in [0.25, 0.3) is 0 Å². The first kappa shape index (κ1) is 20.1. The zero-order valence-corrected chi connectivity index (χ0v) is 17.5. The second-order valence-corrected chi connectivity index (χ2v) is 7.83. The molecule has 0 aliphatic heterocycles. The number of nitrogens with one attached hydrogen (secondary N) is 1. The van der Waals surface area contributed by atoms with Gasteiger partial charge in [-0.15, -0.1) is 0 Å². The molecule has 0 spiro atoms. The summed E-state index contributed by atoms with van der Waals surface area (Å²) in [4.78, 5) is 28.2. The van der Waals surface area contributed by atoms with Crippen LogP contribution in [0, 0.1) is 0 Å². The molecule has 2 N–H and O–H groups in total. The molecule has 0 saturated carbocycles. The van der Waals surface area contributed by atoms with Gasteiger partial charge in [0, 0.05) is 18.0 Å². The van der Waals surface area contributed by atoms with Gasteiger partial charge in [0.1, 0.15) is 17.3 Å². The molecule has 1 aromatic heterocycles. The van der Waals surface area contributed by atoms with Crippen LogP contribution in [-0.2, 0) is 16.0 Å². The number of halogens is 1. The summed E-state index contributed by atoms with van der Waals surface area (Å²) >= 11 is 3.26. The standard InChI is InChI=1S/C23H19BrN2O4/c24-21-11-5-6-14(25-21)12-20(22(27)28)26-23(29)30-13-19-17-9-3-1-7-15(17)16-8-2-4-10-18(16)19/h1-11,19-20H,12-13H2,(H,26,29)(H,27,28). The summed E-state index contributed by atoms with van der Waals surface area (Å²) in [7, 11) is 0. The topological polar surface area (TPSA) is 88.5 Å². The average Bonchev–Trinajstić information content (AvgIpc) is 3.06. The molecule has 0 fully saturated rings. The van der Waals surface area contributed by atoms with E-state index in [1.54, 1.807) is 18.2 Å². The van der Waals surface area contributed by atoms with Gasteiger partial charge in [-0.2, -0.15) is 0 Å². The number of ether oxygens (including phenoxy) is 1. The molecule has 30 heavy (non-hydrogen) atoms. The number of benzene rings is 2. The molecular weight excluding hydrogens is 448 g/mol. The number of carboxylic acids is 1. The Morgan fingerprint density at radius 3 is 2.23 bits per heavy atom. The van der Waals surface area contributed by atoms with E-state index in [9.17, 15) is 14.7 Å². The number of nitrogens with zero attached hydrogens (tertiary/aromatic N) is 1. The third-order valence-corrected chi connectivity index (χ3v) is 5.56. The number of carbonyl (C=O) groups is 2. The van der Waals surface area contributed by atoms with Crippen molar-refractivity contribution in [3.63, 3.8) is 0 Å². The lowest BCUT2D eigenvalue weighted by Crippen LogP contribution is -2.43. The van der Waals surface area contributed by atoms with Gasteiger partial charge in [0.2, 0.25) is 0 Å². The number of alkyl carbamates (subject to hydrolysis) is 1. The molecule has 1 heterocycles. The van der Waals surface area contributed by atoms with Crippen LogP contribution in [0.1, 0.15) is 22.7 Å². The van der Waals surface area contributed by atoms with Crippen molar-refractivity contribution in [3.05, 3.63) is 88.2 Å². The molecule has 3 aromatic rings. The molecule has 6 nitrogen and oxygen atoms in total. The summed E-state index contributed by atoms with van der Waals surface area (Å²) in [6, 6.07) is 20.1. The summed E-state index contributed by atoms with van der Waals surface area (Å²) in [6.45, 7) is 0.126. The molecule has 0 bridgehead atoms. The Labute approximate surface area is 182 Å². The van der Waals surface area contributed by atoms with E-state index in [0.717, 1.165) is 22.3 Å². The van der Waals surface area contributed by atoms with Crippen LogP contribution in [-0.4, -0.2) is 34.8 Å². The number of carboxylic acid groups (broad SMARTS) is 1. The second kappa shape index (κ2) is 8.67. The molecule has 2 aromatic carbocycles. The molecule has 152 valence electrons. The van der Waals surface area contributed by atoms with Gasteiger partial charge in [-0.3, -0.25) is 0 Å². The lowest BCUT2D eigenvalue weighted by molar-refractivity contribution is -0.139. The highest BCUT2D eigenvalue weighted by atomic mass is 79.9. The van der Waals surface area contributed by atoms with E-state index in [4.69, 9.17) is 4.74 Å². The van der Waals surface area contributed by atoms with Gasteiger partial charge in [-0.1, -0.05) is 54.6 Å². The van der Waals surface area contributed by atoms with Crippen LogP contribution in [0.3, 0.4) is 0 Å². The summed E-state index contributed by atoms with van der Waals surface area (Å²) in [5, 5.41) is 11.9. The molecule has 1 aliphatic rings. The van der Waals surface area contributed by atoms with Crippen LogP contribution in [0.5, 0.6) is 0 Å². The van der Waals surface area contributed by atoms with Crippen molar-refractivity contribution in [1.29, 1.82) is 0 Å². The van der Waals surface area contributed by atoms with Crippen molar-refractivity contribution in [1.82, 2.24) is 10.3 Å². The monoisotopic (exact) mass is 466 g/mol. The fourth-order valence-corrected chi connectivity index (χ4v) is 4.14. The lowest BCUT2D eigenvalue weighted by atomic mass is 9.98. The smallest absolute Gasteiger partial charge is 0.407 e. The highest BCUT2D eigenvalue weighted by Gasteiger charge is 2.29. The first-order valence-electron chi connectivity index (χ1n) is 9.48. The quantitative estimate of drug-likeness (QED) is 0.526. The maximum absolute atomic E-state index is 12.4. The number of hydrogen-bond acceptors (Lipinski definition) is 4. The molecule has 1 unspecified atom stereocenters. The highest BCUT2D eigenvalue weighted by molar-refractivity contribution is 9.10. The summed E-state index contributed by atoms with van der Waals surface area (Å²) < 4.78 is 6.04. The van der Waals surface area contributed by atoms with Gasteiger partial charge in [-0.05, 0) is 50.3 Å². The Morgan fingerprint density at radius 2 is 1.63 bits per heavy atom. The minimum Gasteiger partial charge on any atom is -0.480 e. The third-order valence-electron chi connectivity index (χ3n) is 5.12. The second-order valence-electron chi connectivity index (χ2n) is 7.02. The maximum atomic E-state index is 12.4. The van der Waals surface area contributed by atoms with E-state index in [1.165, 1.54) is 0 Å². The molecule has 0 radical (unpaired) electrons. The van der Waals surface area contributed by atoms with Crippen molar-refractivity contribution < 1.29 is 19.4 Å². The van der Waals surface area contributed by atoms with Gasteiger partial charge in [0.05, 0.1) is 0 Å². The minimum atomic E-state index is -1.15. The van der Waals surface area contributed by atoms with Crippen LogP contribution in [0.25, 0.3) is 11.1 Å². The van der Waals surface area contributed by atoms with Crippen LogP contribution in [0.4, 0.5) is 4.79 Å². The Kier molecular flexibility index (Phi) is 5.81. The van der Waals surface area contributed by atoms with E-state index >= 15 is 0 Å². The van der Waals surface area contributed by atoms with Gasteiger partial charge < -0.3 is 15.2 Å². The average molecular weight is 467 g/mol. The maximum Gasteiger partial charge on any atom is 0.407 e. The molecule has 1 aliphatic carbocycles. The van der Waals surface area contributed by atoms with E-state index in [0.29, 0.717) is 10.3 Å². The number of rotatable bonds is 6. The number of amides is 1. The first-order valence-corrected chi connectivity index (χ1v) is 10.3. The highest BCUT2D eigenvalue weighted by Crippen LogP contribution is 2.44. The largest absolute Gasteiger partial charge is 0.480 e. The summed E-state index contributed by atoms with van der Waals surface area (Å²) in [5.41, 5.74) is 5.01. The van der Waals surface area contributed by atoms with Crippen LogP contribution in [0.2, 0.25) is 0 Å². The van der Waals surface area contributed by atoms with Crippen LogP contribution in [0.15, 0.2) is 71.3 Å². The predicted octanol–water partition coefficient (Wildman–Crippen LogP) is 4.38. The molecule has 7 heteroatoms. The summed E-state index contributed by atoms with van der Waals surface area (Å²) in [6.07, 6.45) is -0.710. The van der Waals surface area contributed by atoms with Gasteiger partial charge in [-0.25, -0.2) is 14.6 Å². The van der Waals surface area contributed by atoms with Crippen LogP contribution < -0.4 is 5.32 Å². The van der Waals surface area contributed by atoms with Crippen LogP contribution >= 0.6 is 15.9 Å². The van der Waals surface area contributed by atoms with E-state index in [2.05, 4.69) is 38.4 Å². The fraction of sp³-hybridized carbons (Fsp3) is 0.174. The van der Waals surface area contributed by atoms with Gasteiger partial charge in [0.15, 0.2) is 0 Å². The van der Waals surface area contributed by atoms with Gasteiger partial charge >= 0.3 is 12.1 Å². The number of pyridine rings is 1. The van der Waals surface area contributed by atoms with Crippen molar-refractivity contribution >= 4 is 28.0 Å². The summed E-state index contributed by atoms with van der Waals surface area (Å²) in [5.74, 6) is -1.23. The Bertz CT molecular complexity index is 1060. The Morgan fingerprint density at radius 1 is 1.00 bits per heavy atom. The van der Waals surface area contributed by atoms with Crippen molar-refractivity contribution in [2.24, 2.45) is 0 Å². The zero-order chi connectivity index (χ0) is 21.1. The molecule has 1 atom stereocenters. The molecule has 1 amide bonds. The zero-order valence-electron chi connectivity index (χ0n) is 15.9. The number of hydrogen-bond donors (Lipinski definition) is 2. The van der Waals surface area contributed by atoms with E-state index in [-0.39, 0.29) is 18.9 Å². The van der Waals surface area contributed by atoms with Crippen molar-refractivity contribution in [2.75, 3.05) is 6.61 Å². The normalized spacial score (nSPS) is 13.2. The molecule has 4 rings (SSSR count). The number of aliphatic carboxylic acids is 1. The predicted molar refractivity (Wildman–Crippen MR) is 115 cm³/mol. The number of aromatic nitrogens is 1. The van der Waals surface area contributed by atoms with Crippen molar-refractivity contribution in [2.45, 2.75) is 18.4 Å². The van der Waals surface area contributed by atoms with E-state index in [1.807, 2.05) is 36.4 Å². The fourth-order valence-electron chi connectivity index (χ4n) is 3.76. The third kappa shape index (κ3) is 4.21. The SMILES string of the molecule is O=C(NC(Cc1cccc(Br)n1)C(=O)O)OCC1c2ccccc2-c2ccccc21. The number of fused-ring (bicyclic) bond motifs is 3. The lowest BCUT2D eigenvalue weighted by Gasteiger charge is -2.17. The van der Waals surface area contributed by atoms with E-state index < -0.39 is 18.1 Å². The Balaban J connectivity index is 1.43. The number of carbonyl (C=O) groups excluding carboxylic acids is 1. The first-order chi connectivity index (χ1) is 14.5. The van der Waals surface area contributed by atoms with Crippen molar-refractivity contribution in [3.8, 4) is 11.1 Å². The minimum absolute atomic E-state index is 0.0545.